The van der Waals surface area contributed by atoms with Crippen LogP contribution < -0.4 is 16.8 Å². The molecule has 7 nitrogen and oxygen atoms in total. The summed E-state index contributed by atoms with van der Waals surface area (Å²) >= 11 is 0. The van der Waals surface area contributed by atoms with Gasteiger partial charge in [-0.3, -0.25) is 9.59 Å². The first kappa shape index (κ1) is 27.2. The summed E-state index contributed by atoms with van der Waals surface area (Å²) in [7, 11) is 0. The Morgan fingerprint density at radius 3 is 2.13 bits per heavy atom. The molecule has 0 radical (unpaired) electrons. The summed E-state index contributed by atoms with van der Waals surface area (Å²) in [4.78, 5) is 24.4. The average molecular weight is 455 g/mol. The van der Waals surface area contributed by atoms with Crippen molar-refractivity contribution in [3.8, 4) is 0 Å². The summed E-state index contributed by atoms with van der Waals surface area (Å²) < 4.78 is 0. The number of nitrogens with one attached hydrogen (secondary N) is 1. The Labute approximate surface area is 188 Å². The number of nitrogens with zero attached hydrogens (tertiary/aromatic N) is 1. The van der Waals surface area contributed by atoms with Crippen molar-refractivity contribution >= 4 is 42.5 Å². The molecule has 0 saturated heterocycles. The first-order valence-electron chi connectivity index (χ1n) is 9.10. The van der Waals surface area contributed by atoms with Crippen LogP contribution in [-0.4, -0.2) is 22.9 Å². The Morgan fingerprint density at radius 2 is 1.60 bits per heavy atom. The summed E-state index contributed by atoms with van der Waals surface area (Å²) in [5.74, 6) is -1.74. The largest absolute Gasteiger partial charge is 0.409 e. The van der Waals surface area contributed by atoms with Crippen molar-refractivity contribution < 1.29 is 14.8 Å². The SMILES string of the molecule is C[C@H](C(=O)NCc1ccc(/C(N)=N/O)cc1)C(CCc1ccccc1)C(N)=O.Cl.Cl. The maximum absolute atomic E-state index is 12.5. The summed E-state index contributed by atoms with van der Waals surface area (Å²) in [6.07, 6.45) is 1.20. The van der Waals surface area contributed by atoms with E-state index in [9.17, 15) is 9.59 Å². The maximum Gasteiger partial charge on any atom is 0.223 e. The van der Waals surface area contributed by atoms with Crippen LogP contribution in [0.15, 0.2) is 59.8 Å². The molecule has 164 valence electrons. The predicted molar refractivity (Wildman–Crippen MR) is 122 cm³/mol. The Kier molecular flexibility index (Phi) is 12.2. The van der Waals surface area contributed by atoms with Crippen LogP contribution in [0.3, 0.4) is 0 Å². The Morgan fingerprint density at radius 1 is 1.00 bits per heavy atom. The van der Waals surface area contributed by atoms with E-state index in [2.05, 4.69) is 10.5 Å². The van der Waals surface area contributed by atoms with Gasteiger partial charge in [-0.1, -0.05) is 66.7 Å². The molecule has 2 atom stereocenters. The second-order valence-electron chi connectivity index (χ2n) is 6.72. The number of amides is 2. The highest BCUT2D eigenvalue weighted by molar-refractivity contribution is 5.97. The zero-order valence-corrected chi connectivity index (χ0v) is 18.3. The second kappa shape index (κ2) is 13.5. The highest BCUT2D eigenvalue weighted by Gasteiger charge is 2.28. The standard InChI is InChI=1S/C21H26N4O3.2ClH/c1-14(18(20(23)26)12-9-15-5-3-2-4-6-15)21(27)24-13-16-7-10-17(11-8-16)19(22)25-28;;/h2-8,10-11,14,18,28H,9,12-13H2,1H3,(H2,22,25)(H2,23,26)(H,24,27);2*1H/t14-,18?;;/m0../s1. The van der Waals surface area contributed by atoms with Gasteiger partial charge in [-0.2, -0.15) is 0 Å². The molecule has 2 amide bonds. The van der Waals surface area contributed by atoms with Crippen LogP contribution in [-0.2, 0) is 22.6 Å². The molecule has 30 heavy (non-hydrogen) atoms. The van der Waals surface area contributed by atoms with E-state index in [0.717, 1.165) is 11.1 Å². The lowest BCUT2D eigenvalue weighted by Crippen LogP contribution is -2.39. The summed E-state index contributed by atoms with van der Waals surface area (Å²) in [5, 5.41) is 14.5. The summed E-state index contributed by atoms with van der Waals surface area (Å²) in [6.45, 7) is 2.03. The van der Waals surface area contributed by atoms with E-state index in [-0.39, 0.29) is 36.6 Å². The number of carbonyl (C=O) groups is 2. The van der Waals surface area contributed by atoms with Gasteiger partial charge in [-0.05, 0) is 24.0 Å². The minimum absolute atomic E-state index is 0. The fourth-order valence-electron chi connectivity index (χ4n) is 2.99. The molecule has 2 rings (SSSR count). The van der Waals surface area contributed by atoms with Crippen LogP contribution in [0.2, 0.25) is 0 Å². The van der Waals surface area contributed by atoms with E-state index in [1.54, 1.807) is 31.2 Å². The zero-order chi connectivity index (χ0) is 20.5. The summed E-state index contributed by atoms with van der Waals surface area (Å²) in [5.41, 5.74) is 13.6. The molecule has 0 aliphatic heterocycles. The van der Waals surface area contributed by atoms with Crippen LogP contribution >= 0.6 is 24.8 Å². The number of hydrogen-bond acceptors (Lipinski definition) is 4. The van der Waals surface area contributed by atoms with E-state index < -0.39 is 17.7 Å². The van der Waals surface area contributed by atoms with E-state index in [1.165, 1.54) is 0 Å². The first-order valence-corrected chi connectivity index (χ1v) is 9.10. The quantitative estimate of drug-likeness (QED) is 0.200. The molecule has 1 unspecified atom stereocenters. The molecular formula is C21H28Cl2N4O3. The number of benzene rings is 2. The Bertz CT molecular complexity index is 830. The molecular weight excluding hydrogens is 427 g/mol. The molecule has 0 heterocycles. The Hall–Kier alpha value is -2.77. The van der Waals surface area contributed by atoms with Crippen molar-refractivity contribution in [1.82, 2.24) is 5.32 Å². The van der Waals surface area contributed by atoms with Crippen LogP contribution in [0.25, 0.3) is 0 Å². The number of aryl methyl sites for hydroxylation is 1. The lowest BCUT2D eigenvalue weighted by molar-refractivity contribution is -0.133. The molecule has 0 aliphatic rings. The number of nitrogens with two attached hydrogens (primary N) is 2. The lowest BCUT2D eigenvalue weighted by atomic mass is 9.87. The molecule has 0 aromatic heterocycles. The van der Waals surface area contributed by atoms with Crippen molar-refractivity contribution in [2.24, 2.45) is 28.5 Å². The van der Waals surface area contributed by atoms with Crippen molar-refractivity contribution in [2.75, 3.05) is 0 Å². The smallest absolute Gasteiger partial charge is 0.223 e. The van der Waals surface area contributed by atoms with Crippen molar-refractivity contribution in [2.45, 2.75) is 26.3 Å². The monoisotopic (exact) mass is 454 g/mol. The van der Waals surface area contributed by atoms with Gasteiger partial charge in [0, 0.05) is 23.9 Å². The third kappa shape index (κ3) is 7.93. The van der Waals surface area contributed by atoms with Gasteiger partial charge in [0.2, 0.25) is 11.8 Å². The molecule has 0 bridgehead atoms. The van der Waals surface area contributed by atoms with Gasteiger partial charge < -0.3 is 22.0 Å². The zero-order valence-electron chi connectivity index (χ0n) is 16.7. The van der Waals surface area contributed by atoms with Crippen LogP contribution in [0.5, 0.6) is 0 Å². The third-order valence-electron chi connectivity index (χ3n) is 4.79. The van der Waals surface area contributed by atoms with Crippen molar-refractivity contribution in [1.29, 1.82) is 0 Å². The molecule has 6 N–H and O–H groups in total. The second-order valence-corrected chi connectivity index (χ2v) is 6.72. The maximum atomic E-state index is 12.5. The van der Waals surface area contributed by atoms with Gasteiger partial charge in [-0.25, -0.2) is 0 Å². The molecule has 0 fully saturated rings. The van der Waals surface area contributed by atoms with Crippen molar-refractivity contribution in [3.05, 3.63) is 71.3 Å². The van der Waals surface area contributed by atoms with Crippen molar-refractivity contribution in [3.63, 3.8) is 0 Å². The van der Waals surface area contributed by atoms with Gasteiger partial charge in [0.25, 0.3) is 0 Å². The predicted octanol–water partition coefficient (Wildman–Crippen LogP) is 2.61. The van der Waals surface area contributed by atoms with Gasteiger partial charge >= 0.3 is 0 Å². The number of carbonyl (C=O) groups excluding carboxylic acids is 2. The van der Waals surface area contributed by atoms with Gasteiger partial charge in [-0.15, -0.1) is 24.8 Å². The highest BCUT2D eigenvalue weighted by Crippen LogP contribution is 2.19. The van der Waals surface area contributed by atoms with Crippen LogP contribution in [0.4, 0.5) is 0 Å². The molecule has 2 aromatic carbocycles. The number of amidine groups is 1. The van der Waals surface area contributed by atoms with E-state index in [0.29, 0.717) is 24.9 Å². The number of primary amides is 1. The molecule has 9 heteroatoms. The first-order chi connectivity index (χ1) is 13.4. The minimum Gasteiger partial charge on any atom is -0.409 e. The molecule has 0 saturated carbocycles. The lowest BCUT2D eigenvalue weighted by Gasteiger charge is -2.20. The fourth-order valence-corrected chi connectivity index (χ4v) is 2.99. The fraction of sp³-hybridized carbons (Fsp3) is 0.286. The number of oxime groups is 1. The average Bonchev–Trinajstić information content (AvgIpc) is 2.72. The van der Waals surface area contributed by atoms with E-state index in [1.807, 2.05) is 30.3 Å². The topological polar surface area (TPSA) is 131 Å². The van der Waals surface area contributed by atoms with E-state index >= 15 is 0 Å². The Balaban J connectivity index is 0.00000420. The molecule has 0 aliphatic carbocycles. The third-order valence-corrected chi connectivity index (χ3v) is 4.79. The normalized spacial score (nSPS) is 12.6. The van der Waals surface area contributed by atoms with Gasteiger partial charge in [0.15, 0.2) is 5.84 Å². The van der Waals surface area contributed by atoms with Gasteiger partial charge in [0.05, 0.1) is 0 Å². The number of halogens is 2. The molecule has 2 aromatic rings. The minimum atomic E-state index is -0.539. The molecule has 0 spiro atoms. The van der Waals surface area contributed by atoms with Gasteiger partial charge in [0.1, 0.15) is 0 Å². The number of rotatable bonds is 9. The highest BCUT2D eigenvalue weighted by atomic mass is 35.5. The summed E-state index contributed by atoms with van der Waals surface area (Å²) in [6, 6.07) is 16.7. The van der Waals surface area contributed by atoms with E-state index in [4.69, 9.17) is 16.7 Å². The van der Waals surface area contributed by atoms with Crippen LogP contribution in [0.1, 0.15) is 30.0 Å². The number of hydrogen-bond donors (Lipinski definition) is 4. The van der Waals surface area contributed by atoms with Crippen LogP contribution in [0, 0.1) is 11.8 Å².